The van der Waals surface area contributed by atoms with Gasteiger partial charge >= 0.3 is 19.8 Å². The van der Waals surface area contributed by atoms with Gasteiger partial charge in [0.1, 0.15) is 30.9 Å². The van der Waals surface area contributed by atoms with E-state index in [4.69, 9.17) is 18.9 Å². The number of phosphoric ester groups is 1. The number of phosphoric acid groups is 1. The minimum absolute atomic E-state index is 0.0190. The molecular weight excluding hydrogens is 874 g/mol. The Morgan fingerprint density at radius 3 is 2.13 bits per heavy atom. The van der Waals surface area contributed by atoms with Gasteiger partial charge in [-0.2, -0.15) is 0 Å². The predicted molar refractivity (Wildman–Crippen MR) is 259 cm³/mol. The molecule has 0 aromatic heterocycles. The molecule has 0 saturated carbocycles. The molecule has 4 atom stereocenters. The number of likely N-dealkylation sites (N-methyl/N-ethyl adjacent to an activating group) is 1. The fourth-order valence-electron chi connectivity index (χ4n) is 10.1. The molecule has 15 heteroatoms. The summed E-state index contributed by atoms with van der Waals surface area (Å²) in [6.45, 7) is 11.6. The van der Waals surface area contributed by atoms with Crippen molar-refractivity contribution < 1.29 is 61.5 Å². The Morgan fingerprint density at radius 2 is 1.49 bits per heavy atom. The number of aliphatic hydroxyl groups excluding tert-OH is 1. The van der Waals surface area contributed by atoms with E-state index in [0.29, 0.717) is 54.6 Å². The van der Waals surface area contributed by atoms with Crippen LogP contribution >= 0.6 is 7.82 Å². The molecule has 2 heterocycles. The lowest BCUT2D eigenvalue weighted by Crippen LogP contribution is -2.62. The fourth-order valence-corrected chi connectivity index (χ4v) is 10.3. The smallest absolute Gasteiger partial charge is 0.466 e. The molecule has 4 N–H and O–H groups in total. The summed E-state index contributed by atoms with van der Waals surface area (Å²) in [7, 11) is -2.46. The van der Waals surface area contributed by atoms with Crippen LogP contribution in [-0.4, -0.2) is 126 Å². The van der Waals surface area contributed by atoms with Crippen LogP contribution in [0.5, 0.6) is 5.75 Å². The first-order valence-corrected chi connectivity index (χ1v) is 26.3. The van der Waals surface area contributed by atoms with Gasteiger partial charge in [0.05, 0.1) is 44.4 Å². The van der Waals surface area contributed by atoms with E-state index in [1.165, 1.54) is 5.56 Å². The standard InChI is InChI=1S/C52H78N3O11P/c1-6-55(7-2,37-51(57)63-38-48(42-23-14-11-15-24-42)52(58)66-47-33-45-26-27-46(34-47)54(45,5)40(3)4)36-44-32-43(25-28-50(44)64-39-65-67(59,60)61)49(56)35-53-29-17-8-9-18-30-62-31-19-16-22-41-20-12-10-13-21-41/h10-15,20-21,23-25,28,32,40,45-49,53,56H,6-9,16-19,22,26-27,29-31,33-39H2,1-5H3/p+2. The Balaban J connectivity index is 1.13. The van der Waals surface area contributed by atoms with Crippen LogP contribution in [0.2, 0.25) is 0 Å². The Labute approximate surface area is 399 Å². The molecule has 3 aromatic carbocycles. The lowest BCUT2D eigenvalue weighted by molar-refractivity contribution is -0.968. The van der Waals surface area contributed by atoms with Gasteiger partial charge in [0.15, 0.2) is 13.3 Å². The summed E-state index contributed by atoms with van der Waals surface area (Å²) < 4.78 is 41.1. The maximum absolute atomic E-state index is 14.0. The highest BCUT2D eigenvalue weighted by Crippen LogP contribution is 2.44. The predicted octanol–water partition coefficient (Wildman–Crippen LogP) is 8.13. The van der Waals surface area contributed by atoms with Crippen LogP contribution in [0.25, 0.3) is 0 Å². The lowest BCUT2D eigenvalue weighted by Gasteiger charge is -2.49. The molecule has 2 aliphatic rings. The maximum atomic E-state index is 14.0. The van der Waals surface area contributed by atoms with Gasteiger partial charge in [-0.05, 0) is 95.2 Å². The van der Waals surface area contributed by atoms with Crippen molar-refractivity contribution in [2.45, 2.75) is 141 Å². The molecule has 372 valence electrons. The third-order valence-electron chi connectivity index (χ3n) is 14.6. The zero-order valence-electron chi connectivity index (χ0n) is 40.8. The largest absolute Gasteiger partial charge is 0.472 e. The van der Waals surface area contributed by atoms with E-state index < -0.39 is 32.6 Å². The van der Waals surface area contributed by atoms with Crippen molar-refractivity contribution in [2.24, 2.45) is 0 Å². The van der Waals surface area contributed by atoms with Crippen LogP contribution < -0.4 is 10.1 Å². The summed E-state index contributed by atoms with van der Waals surface area (Å²) in [5.74, 6) is -1.34. The van der Waals surface area contributed by atoms with Gasteiger partial charge in [0, 0.05) is 51.0 Å². The van der Waals surface area contributed by atoms with Gasteiger partial charge in [-0.3, -0.25) is 4.79 Å². The number of ether oxygens (including phenoxy) is 4. The molecule has 0 spiro atoms. The second-order valence-corrected chi connectivity index (χ2v) is 20.3. The highest BCUT2D eigenvalue weighted by Gasteiger charge is 2.54. The highest BCUT2D eigenvalue weighted by atomic mass is 31.2. The quantitative estimate of drug-likeness (QED) is 0.0161. The number of carbonyl (C=O) groups excluding carboxylic acids is 2. The number of hydrogen-bond donors (Lipinski definition) is 4. The lowest BCUT2D eigenvalue weighted by atomic mass is 9.94. The van der Waals surface area contributed by atoms with Crippen LogP contribution in [0.3, 0.4) is 0 Å². The van der Waals surface area contributed by atoms with E-state index in [9.17, 15) is 29.0 Å². The Morgan fingerprint density at radius 1 is 0.851 bits per heavy atom. The molecular formula is C52H80N3O11P+2. The van der Waals surface area contributed by atoms with Crippen molar-refractivity contribution in [3.05, 3.63) is 101 Å². The number of carbonyl (C=O) groups is 2. The van der Waals surface area contributed by atoms with Gasteiger partial charge in [0.25, 0.3) is 0 Å². The number of rotatable bonds is 31. The number of quaternary nitrogens is 2. The van der Waals surface area contributed by atoms with Gasteiger partial charge < -0.3 is 48.1 Å². The Bertz CT molecular complexity index is 1970. The number of aliphatic hydroxyl groups is 1. The number of piperidine rings is 1. The van der Waals surface area contributed by atoms with Gasteiger partial charge in [0.2, 0.25) is 0 Å². The van der Waals surface area contributed by atoms with E-state index in [1.54, 1.807) is 12.1 Å². The van der Waals surface area contributed by atoms with Gasteiger partial charge in [-0.25, -0.2) is 13.9 Å². The molecule has 14 nitrogen and oxygen atoms in total. The summed E-state index contributed by atoms with van der Waals surface area (Å²) >= 11 is 0. The number of nitrogens with zero attached hydrogens (tertiary/aromatic N) is 2. The molecule has 0 aliphatic carbocycles. The third kappa shape index (κ3) is 16.8. The summed E-state index contributed by atoms with van der Waals surface area (Å²) in [5, 5.41) is 14.6. The average Bonchev–Trinajstić information content (AvgIpc) is 3.46. The zero-order chi connectivity index (χ0) is 48.3. The number of esters is 2. The molecule has 2 fully saturated rings. The Hall–Kier alpha value is -3.69. The van der Waals surface area contributed by atoms with E-state index >= 15 is 0 Å². The summed E-state index contributed by atoms with van der Waals surface area (Å²) in [6.07, 6.45) is 10.3. The van der Waals surface area contributed by atoms with Gasteiger partial charge in [-0.1, -0.05) is 79.6 Å². The first kappa shape index (κ1) is 54.3. The van der Waals surface area contributed by atoms with Crippen molar-refractivity contribution in [2.75, 3.05) is 66.4 Å². The third-order valence-corrected chi connectivity index (χ3v) is 15.0. The number of fused-ring (bicyclic) bond motifs is 2. The van der Waals surface area contributed by atoms with Gasteiger partial charge in [-0.15, -0.1) is 0 Å². The van der Waals surface area contributed by atoms with E-state index in [1.807, 2.05) is 56.3 Å². The first-order chi connectivity index (χ1) is 32.2. The Kier molecular flexibility index (Phi) is 21.8. The number of benzene rings is 3. The number of aryl methyl sites for hydroxylation is 1. The van der Waals surface area contributed by atoms with Crippen LogP contribution in [0.4, 0.5) is 0 Å². The van der Waals surface area contributed by atoms with Crippen LogP contribution in [0, 0.1) is 0 Å². The molecule has 0 amide bonds. The van der Waals surface area contributed by atoms with Crippen molar-refractivity contribution in [1.29, 1.82) is 0 Å². The van der Waals surface area contributed by atoms with Crippen molar-refractivity contribution in [3.8, 4) is 5.75 Å². The minimum atomic E-state index is -4.80. The van der Waals surface area contributed by atoms with E-state index in [2.05, 4.69) is 55.0 Å². The minimum Gasteiger partial charge on any atom is -0.466 e. The monoisotopic (exact) mass is 954 g/mol. The van der Waals surface area contributed by atoms with Crippen molar-refractivity contribution in [1.82, 2.24) is 5.32 Å². The number of hydrogen-bond acceptors (Lipinski definition) is 10. The second-order valence-electron chi connectivity index (χ2n) is 19.1. The molecule has 4 unspecified atom stereocenters. The number of unbranched alkanes of at least 4 members (excludes halogenated alkanes) is 4. The molecule has 0 radical (unpaired) electrons. The number of nitrogens with one attached hydrogen (secondary N) is 1. The maximum Gasteiger partial charge on any atom is 0.472 e. The molecule has 3 aromatic rings. The molecule has 2 aliphatic heterocycles. The summed E-state index contributed by atoms with van der Waals surface area (Å²) in [5.41, 5.74) is 3.34. The SMILES string of the molecule is CC[N+](CC)(CC(=O)OCC(C(=O)OC1CC2CCC(C1)[N+]2(C)C(C)C)c1ccccc1)Cc1cc(C(O)CNCCCCCCOCCCCc2ccccc2)ccc1OCOP(=O)(O)O. The molecule has 5 rings (SSSR count). The van der Waals surface area contributed by atoms with Crippen molar-refractivity contribution in [3.63, 3.8) is 0 Å². The molecule has 2 bridgehead atoms. The summed E-state index contributed by atoms with van der Waals surface area (Å²) in [6, 6.07) is 26.4. The molecule has 67 heavy (non-hydrogen) atoms. The highest BCUT2D eigenvalue weighted by molar-refractivity contribution is 7.46. The van der Waals surface area contributed by atoms with Crippen LogP contribution in [0.1, 0.15) is 126 Å². The zero-order valence-corrected chi connectivity index (χ0v) is 41.7. The first-order valence-electron chi connectivity index (χ1n) is 24.7. The fraction of sp³-hybridized carbons (Fsp3) is 0.615. The average molecular weight is 954 g/mol. The normalized spacial score (nSPS) is 20.4. The van der Waals surface area contributed by atoms with Crippen LogP contribution in [-0.2, 0) is 45.9 Å². The van der Waals surface area contributed by atoms with E-state index in [-0.39, 0.29) is 36.3 Å². The summed E-state index contributed by atoms with van der Waals surface area (Å²) in [4.78, 5) is 46.4. The van der Waals surface area contributed by atoms with Crippen molar-refractivity contribution >= 4 is 19.8 Å². The topological polar surface area (TPSA) is 170 Å². The second kappa shape index (κ2) is 26.9. The molecule has 2 saturated heterocycles. The van der Waals surface area contributed by atoms with E-state index in [0.717, 1.165) is 100 Å². The van der Waals surface area contributed by atoms with Crippen LogP contribution in [0.15, 0.2) is 78.9 Å².